The predicted octanol–water partition coefficient (Wildman–Crippen LogP) is 2.11. The summed E-state index contributed by atoms with van der Waals surface area (Å²) in [6.45, 7) is 10.3. The van der Waals surface area contributed by atoms with Gasteiger partial charge >= 0.3 is 0 Å². The molecule has 0 spiro atoms. The maximum absolute atomic E-state index is 5.80. The molecule has 0 amide bonds. The Kier molecular flexibility index (Phi) is 5.54. The Bertz CT molecular complexity index is 389. The van der Waals surface area contributed by atoms with Crippen LogP contribution in [0.15, 0.2) is 12.4 Å². The van der Waals surface area contributed by atoms with E-state index in [1.54, 1.807) is 6.33 Å². The number of nitrogens with one attached hydrogen (secondary N) is 1. The van der Waals surface area contributed by atoms with E-state index in [1.165, 1.54) is 0 Å². The number of aromatic nitrogens is 2. The van der Waals surface area contributed by atoms with E-state index in [4.69, 9.17) is 5.73 Å². The van der Waals surface area contributed by atoms with Crippen LogP contribution in [0, 0.1) is 5.41 Å². The van der Waals surface area contributed by atoms with E-state index in [0.717, 1.165) is 31.1 Å². The summed E-state index contributed by atoms with van der Waals surface area (Å²) in [7, 11) is 1.99. The average Bonchev–Trinajstić information content (AvgIpc) is 2.36. The van der Waals surface area contributed by atoms with Gasteiger partial charge in [0.15, 0.2) is 0 Å². The normalized spacial score (nSPS) is 13.2. The van der Waals surface area contributed by atoms with Gasteiger partial charge in [0.25, 0.3) is 0 Å². The van der Waals surface area contributed by atoms with Crippen molar-refractivity contribution in [2.75, 3.05) is 30.4 Å². The molecule has 5 nitrogen and oxygen atoms in total. The molecule has 1 unspecified atom stereocenters. The Morgan fingerprint density at radius 2 is 2.11 bits per heavy atom. The van der Waals surface area contributed by atoms with Gasteiger partial charge in [-0.15, -0.1) is 0 Å². The van der Waals surface area contributed by atoms with Crippen molar-refractivity contribution in [1.82, 2.24) is 9.97 Å². The summed E-state index contributed by atoms with van der Waals surface area (Å²) in [6, 6.07) is 2.09. The largest absolute Gasteiger partial charge is 0.369 e. The van der Waals surface area contributed by atoms with E-state index < -0.39 is 0 Å². The van der Waals surface area contributed by atoms with E-state index in [2.05, 4.69) is 36.1 Å². The molecular weight excluding hydrogens is 238 g/mol. The number of nitrogens with two attached hydrogens (primary N) is 1. The fourth-order valence-electron chi connectivity index (χ4n) is 1.63. The van der Waals surface area contributed by atoms with E-state index in [-0.39, 0.29) is 11.5 Å². The predicted molar refractivity (Wildman–Crippen MR) is 81.5 cm³/mol. The third-order valence-corrected chi connectivity index (χ3v) is 3.31. The van der Waals surface area contributed by atoms with Gasteiger partial charge in [-0.3, -0.25) is 0 Å². The highest BCUT2D eigenvalue weighted by atomic mass is 15.2. The van der Waals surface area contributed by atoms with Crippen LogP contribution in [0.2, 0.25) is 0 Å². The zero-order valence-corrected chi connectivity index (χ0v) is 12.8. The minimum Gasteiger partial charge on any atom is -0.369 e. The van der Waals surface area contributed by atoms with Crippen molar-refractivity contribution in [3.8, 4) is 0 Å². The van der Waals surface area contributed by atoms with Crippen molar-refractivity contribution in [1.29, 1.82) is 0 Å². The van der Waals surface area contributed by atoms with Crippen LogP contribution in [0.25, 0.3) is 0 Å². The minimum absolute atomic E-state index is 0.121. The first kappa shape index (κ1) is 15.7. The molecule has 108 valence electrons. The summed E-state index contributed by atoms with van der Waals surface area (Å²) in [6.07, 6.45) is 2.72. The molecule has 5 heteroatoms. The van der Waals surface area contributed by atoms with Gasteiger partial charge in [-0.1, -0.05) is 20.8 Å². The van der Waals surface area contributed by atoms with Crippen LogP contribution < -0.4 is 16.0 Å². The van der Waals surface area contributed by atoms with Crippen molar-refractivity contribution < 1.29 is 0 Å². The zero-order chi connectivity index (χ0) is 14.5. The van der Waals surface area contributed by atoms with Crippen molar-refractivity contribution in [2.45, 2.75) is 40.2 Å². The average molecular weight is 265 g/mol. The highest BCUT2D eigenvalue weighted by molar-refractivity contribution is 5.48. The van der Waals surface area contributed by atoms with E-state index >= 15 is 0 Å². The molecule has 0 radical (unpaired) electrons. The quantitative estimate of drug-likeness (QED) is 0.790. The van der Waals surface area contributed by atoms with Crippen LogP contribution in [0.5, 0.6) is 0 Å². The molecular formula is C14H27N5. The van der Waals surface area contributed by atoms with E-state index in [1.807, 2.05) is 24.9 Å². The van der Waals surface area contributed by atoms with Crippen LogP contribution in [0.4, 0.5) is 11.6 Å². The molecule has 0 aliphatic rings. The van der Waals surface area contributed by atoms with Gasteiger partial charge in [0.1, 0.15) is 18.0 Å². The molecule has 0 aromatic carbocycles. The topological polar surface area (TPSA) is 67.1 Å². The summed E-state index contributed by atoms with van der Waals surface area (Å²) >= 11 is 0. The number of rotatable bonds is 7. The summed E-state index contributed by atoms with van der Waals surface area (Å²) < 4.78 is 0. The standard InChI is InChI=1S/C14H27N5/c1-6-14(3,4)9-16-12-7-13(18-10-17-12)19(5)8-11(2)15/h7,10-11H,6,8-9,15H2,1-5H3,(H,16,17,18). The molecule has 1 aromatic heterocycles. The van der Waals surface area contributed by atoms with Gasteiger partial charge in [-0.05, 0) is 18.8 Å². The number of hydrogen-bond donors (Lipinski definition) is 2. The summed E-state index contributed by atoms with van der Waals surface area (Å²) in [4.78, 5) is 10.6. The molecule has 0 aliphatic heterocycles. The molecule has 0 saturated carbocycles. The lowest BCUT2D eigenvalue weighted by molar-refractivity contribution is 0.376. The van der Waals surface area contributed by atoms with Gasteiger partial charge in [0, 0.05) is 32.2 Å². The second-order valence-electron chi connectivity index (χ2n) is 5.99. The van der Waals surface area contributed by atoms with Crippen molar-refractivity contribution >= 4 is 11.6 Å². The monoisotopic (exact) mass is 265 g/mol. The number of likely N-dealkylation sites (N-methyl/N-ethyl adjacent to an activating group) is 1. The molecule has 0 saturated heterocycles. The van der Waals surface area contributed by atoms with Crippen LogP contribution >= 0.6 is 0 Å². The fraction of sp³-hybridized carbons (Fsp3) is 0.714. The number of hydrogen-bond acceptors (Lipinski definition) is 5. The summed E-state index contributed by atoms with van der Waals surface area (Å²) in [5.74, 6) is 1.76. The molecule has 1 rings (SSSR count). The van der Waals surface area contributed by atoms with Crippen LogP contribution in [0.3, 0.4) is 0 Å². The van der Waals surface area contributed by atoms with E-state index in [0.29, 0.717) is 0 Å². The Hall–Kier alpha value is -1.36. The maximum atomic E-state index is 5.80. The smallest absolute Gasteiger partial charge is 0.133 e. The highest BCUT2D eigenvalue weighted by Gasteiger charge is 2.15. The van der Waals surface area contributed by atoms with Gasteiger partial charge in [-0.25, -0.2) is 9.97 Å². The second-order valence-corrected chi connectivity index (χ2v) is 5.99. The van der Waals surface area contributed by atoms with Crippen molar-refractivity contribution in [3.05, 3.63) is 12.4 Å². The number of nitrogens with zero attached hydrogens (tertiary/aromatic N) is 3. The van der Waals surface area contributed by atoms with Crippen LogP contribution in [0.1, 0.15) is 34.1 Å². The lowest BCUT2D eigenvalue weighted by Gasteiger charge is -2.24. The Balaban J connectivity index is 2.67. The van der Waals surface area contributed by atoms with Gasteiger partial charge in [-0.2, -0.15) is 0 Å². The third-order valence-electron chi connectivity index (χ3n) is 3.31. The van der Waals surface area contributed by atoms with Crippen LogP contribution in [-0.4, -0.2) is 36.1 Å². The van der Waals surface area contributed by atoms with Gasteiger partial charge in [0.2, 0.25) is 0 Å². The molecule has 19 heavy (non-hydrogen) atoms. The van der Waals surface area contributed by atoms with Crippen LogP contribution in [-0.2, 0) is 0 Å². The molecule has 1 aromatic rings. The highest BCUT2D eigenvalue weighted by Crippen LogP contribution is 2.20. The first-order valence-corrected chi connectivity index (χ1v) is 6.86. The lowest BCUT2D eigenvalue weighted by Crippen LogP contribution is -2.33. The Morgan fingerprint density at radius 3 is 2.68 bits per heavy atom. The summed E-state index contributed by atoms with van der Waals surface area (Å²) in [5, 5.41) is 3.38. The van der Waals surface area contributed by atoms with E-state index in [9.17, 15) is 0 Å². The zero-order valence-electron chi connectivity index (χ0n) is 12.8. The molecule has 0 bridgehead atoms. The molecule has 0 aliphatic carbocycles. The first-order valence-electron chi connectivity index (χ1n) is 6.86. The maximum Gasteiger partial charge on any atom is 0.133 e. The molecule has 1 atom stereocenters. The lowest BCUT2D eigenvalue weighted by atomic mass is 9.90. The third kappa shape index (κ3) is 5.42. The molecule has 1 heterocycles. The first-order chi connectivity index (χ1) is 8.84. The van der Waals surface area contributed by atoms with Gasteiger partial charge < -0.3 is 16.0 Å². The Morgan fingerprint density at radius 1 is 1.42 bits per heavy atom. The minimum atomic E-state index is 0.121. The van der Waals surface area contributed by atoms with Gasteiger partial charge in [0.05, 0.1) is 0 Å². The number of anilines is 2. The second kappa shape index (κ2) is 6.70. The van der Waals surface area contributed by atoms with Crippen molar-refractivity contribution in [3.63, 3.8) is 0 Å². The summed E-state index contributed by atoms with van der Waals surface area (Å²) in [5.41, 5.74) is 6.07. The molecule has 3 N–H and O–H groups in total. The fourth-order valence-corrected chi connectivity index (χ4v) is 1.63. The molecule has 0 fully saturated rings. The SMILES string of the molecule is CCC(C)(C)CNc1cc(N(C)CC(C)N)ncn1. The Labute approximate surface area is 116 Å². The van der Waals surface area contributed by atoms with Crippen molar-refractivity contribution in [2.24, 2.45) is 11.1 Å².